The number of aromatic nitrogens is 1. The average Bonchev–Trinajstić information content (AvgIpc) is 3.12. The van der Waals surface area contributed by atoms with Gasteiger partial charge in [-0.3, -0.25) is 9.59 Å². The zero-order valence-corrected chi connectivity index (χ0v) is 11.7. The molecule has 0 unspecified atom stereocenters. The number of Topliss-reactive ketones (excluding diaryl/α,β-unsaturated/α-hetero) is 1. The van der Waals surface area contributed by atoms with Crippen LogP contribution in [-0.4, -0.2) is 23.8 Å². The van der Waals surface area contributed by atoms with Gasteiger partial charge in [-0.05, 0) is 24.3 Å². The van der Waals surface area contributed by atoms with Crippen LogP contribution in [0, 0.1) is 5.82 Å². The Kier molecular flexibility index (Phi) is 3.50. The maximum atomic E-state index is 13.4. The molecule has 3 aromatic rings. The first-order valence-corrected chi connectivity index (χ1v) is 6.54. The molecular weight excluding hydrogens is 289 g/mol. The summed E-state index contributed by atoms with van der Waals surface area (Å²) in [5, 5.41) is 0.688. The minimum absolute atomic E-state index is 0.0613. The lowest BCUT2D eigenvalue weighted by atomic mass is 10.1. The van der Waals surface area contributed by atoms with Crippen LogP contribution in [0.25, 0.3) is 22.0 Å². The second kappa shape index (κ2) is 5.48. The van der Waals surface area contributed by atoms with Gasteiger partial charge in [0.25, 0.3) is 0 Å². The lowest BCUT2D eigenvalue weighted by Crippen LogP contribution is -2.08. The van der Waals surface area contributed by atoms with Gasteiger partial charge in [0.1, 0.15) is 12.2 Å². The molecule has 0 aliphatic rings. The Morgan fingerprint density at radius 2 is 2.14 bits per heavy atom. The predicted octanol–water partition coefficient (Wildman–Crippen LogP) is 3.31. The largest absolute Gasteiger partial charge is 0.469 e. The van der Waals surface area contributed by atoms with E-state index < -0.39 is 11.8 Å². The minimum Gasteiger partial charge on any atom is -0.469 e. The van der Waals surface area contributed by atoms with Crippen molar-refractivity contribution in [2.45, 2.75) is 6.42 Å². The van der Waals surface area contributed by atoms with Crippen LogP contribution in [0.2, 0.25) is 0 Å². The number of hydrogen-bond acceptors (Lipinski definition) is 4. The summed E-state index contributed by atoms with van der Waals surface area (Å²) in [4.78, 5) is 26.0. The molecule has 3 rings (SSSR count). The SMILES string of the molecule is COC(=O)CC(=O)c1cc(-c2c[nH]c3ccc(F)cc23)co1. The van der Waals surface area contributed by atoms with Crippen LogP contribution in [0.3, 0.4) is 0 Å². The summed E-state index contributed by atoms with van der Waals surface area (Å²) < 4.78 is 23.0. The third kappa shape index (κ3) is 2.50. The van der Waals surface area contributed by atoms with E-state index in [4.69, 9.17) is 4.42 Å². The van der Waals surface area contributed by atoms with Gasteiger partial charge in [-0.15, -0.1) is 0 Å². The first-order chi connectivity index (χ1) is 10.6. The Balaban J connectivity index is 1.94. The molecule has 5 nitrogen and oxygen atoms in total. The second-order valence-corrected chi connectivity index (χ2v) is 4.77. The van der Waals surface area contributed by atoms with Crippen LogP contribution in [-0.2, 0) is 9.53 Å². The highest BCUT2D eigenvalue weighted by Crippen LogP contribution is 2.30. The van der Waals surface area contributed by atoms with E-state index in [1.807, 2.05) is 0 Å². The van der Waals surface area contributed by atoms with E-state index in [2.05, 4.69) is 9.72 Å². The van der Waals surface area contributed by atoms with Crippen molar-refractivity contribution in [1.29, 1.82) is 0 Å². The highest BCUT2D eigenvalue weighted by molar-refractivity contribution is 6.05. The van der Waals surface area contributed by atoms with Crippen LogP contribution in [0.15, 0.2) is 41.1 Å². The molecule has 0 fully saturated rings. The molecule has 2 heterocycles. The number of carbonyl (C=O) groups excluding carboxylic acids is 2. The second-order valence-electron chi connectivity index (χ2n) is 4.77. The van der Waals surface area contributed by atoms with E-state index in [9.17, 15) is 14.0 Å². The van der Waals surface area contributed by atoms with E-state index in [-0.39, 0.29) is 18.0 Å². The van der Waals surface area contributed by atoms with Crippen LogP contribution in [0.4, 0.5) is 4.39 Å². The molecule has 22 heavy (non-hydrogen) atoms. The monoisotopic (exact) mass is 301 g/mol. The number of methoxy groups -OCH3 is 1. The number of rotatable bonds is 4. The smallest absolute Gasteiger partial charge is 0.313 e. The first-order valence-electron chi connectivity index (χ1n) is 6.54. The van der Waals surface area contributed by atoms with Crippen molar-refractivity contribution in [3.8, 4) is 11.1 Å². The summed E-state index contributed by atoms with van der Waals surface area (Å²) >= 11 is 0. The van der Waals surface area contributed by atoms with Crippen molar-refractivity contribution in [3.05, 3.63) is 48.3 Å². The van der Waals surface area contributed by atoms with Crippen LogP contribution < -0.4 is 0 Å². The van der Waals surface area contributed by atoms with E-state index in [0.717, 1.165) is 11.1 Å². The molecule has 2 aromatic heterocycles. The number of halogens is 1. The zero-order valence-electron chi connectivity index (χ0n) is 11.7. The third-order valence-electron chi connectivity index (χ3n) is 3.36. The topological polar surface area (TPSA) is 72.3 Å². The minimum atomic E-state index is -0.628. The molecule has 112 valence electrons. The predicted molar refractivity (Wildman–Crippen MR) is 76.9 cm³/mol. The number of fused-ring (bicyclic) bond motifs is 1. The van der Waals surface area contributed by atoms with Crippen LogP contribution >= 0.6 is 0 Å². The number of furan rings is 1. The molecule has 0 bridgehead atoms. The Bertz CT molecular complexity index is 862. The van der Waals surface area contributed by atoms with Gasteiger partial charge in [0, 0.05) is 28.2 Å². The van der Waals surface area contributed by atoms with E-state index in [1.165, 1.54) is 31.6 Å². The fraction of sp³-hybridized carbons (Fsp3) is 0.125. The van der Waals surface area contributed by atoms with Crippen molar-refractivity contribution in [3.63, 3.8) is 0 Å². The Labute approximate surface area is 124 Å². The molecule has 0 atom stereocenters. The van der Waals surface area contributed by atoms with Crippen molar-refractivity contribution in [2.75, 3.05) is 7.11 Å². The van der Waals surface area contributed by atoms with Gasteiger partial charge in [-0.1, -0.05) is 0 Å². The summed E-state index contributed by atoms with van der Waals surface area (Å²) in [5.41, 5.74) is 2.13. The maximum absolute atomic E-state index is 13.4. The molecule has 1 aromatic carbocycles. The van der Waals surface area contributed by atoms with Gasteiger partial charge in [-0.25, -0.2) is 4.39 Å². The summed E-state index contributed by atoms with van der Waals surface area (Å²) in [6, 6.07) is 5.93. The van der Waals surface area contributed by atoms with Gasteiger partial charge >= 0.3 is 5.97 Å². The van der Waals surface area contributed by atoms with Gasteiger partial charge in [0.15, 0.2) is 5.76 Å². The van der Waals surface area contributed by atoms with E-state index in [0.29, 0.717) is 10.9 Å². The maximum Gasteiger partial charge on any atom is 0.313 e. The van der Waals surface area contributed by atoms with Gasteiger partial charge in [0.05, 0.1) is 13.4 Å². The molecule has 0 saturated carbocycles. The van der Waals surface area contributed by atoms with Crippen molar-refractivity contribution < 1.29 is 23.1 Å². The molecule has 0 aliphatic heterocycles. The van der Waals surface area contributed by atoms with Crippen molar-refractivity contribution >= 4 is 22.7 Å². The summed E-state index contributed by atoms with van der Waals surface area (Å²) in [6.45, 7) is 0. The number of nitrogens with one attached hydrogen (secondary N) is 1. The molecule has 0 amide bonds. The molecule has 0 aliphatic carbocycles. The number of H-pyrrole nitrogens is 1. The van der Waals surface area contributed by atoms with Gasteiger partial charge < -0.3 is 14.1 Å². The number of benzene rings is 1. The fourth-order valence-corrected chi connectivity index (χ4v) is 2.25. The highest BCUT2D eigenvalue weighted by Gasteiger charge is 2.17. The quantitative estimate of drug-likeness (QED) is 0.456. The summed E-state index contributed by atoms with van der Waals surface area (Å²) in [5.74, 6) is -1.38. The molecule has 0 radical (unpaired) electrons. The number of ketones is 1. The number of carbonyl (C=O) groups is 2. The molecule has 0 spiro atoms. The summed E-state index contributed by atoms with van der Waals surface area (Å²) in [6.07, 6.45) is 2.73. The van der Waals surface area contributed by atoms with Crippen molar-refractivity contribution in [1.82, 2.24) is 4.98 Å². The first kappa shape index (κ1) is 14.1. The Morgan fingerprint density at radius 1 is 1.32 bits per heavy atom. The number of aromatic amines is 1. The summed E-state index contributed by atoms with van der Waals surface area (Å²) in [7, 11) is 1.21. The number of esters is 1. The molecule has 0 saturated heterocycles. The van der Waals surface area contributed by atoms with Crippen LogP contribution in [0.5, 0.6) is 0 Å². The lowest BCUT2D eigenvalue weighted by molar-refractivity contribution is -0.139. The zero-order chi connectivity index (χ0) is 15.7. The third-order valence-corrected chi connectivity index (χ3v) is 3.36. The average molecular weight is 301 g/mol. The van der Waals surface area contributed by atoms with Gasteiger partial charge in [0.2, 0.25) is 5.78 Å². The lowest BCUT2D eigenvalue weighted by Gasteiger charge is -1.96. The number of ether oxygens (including phenoxy) is 1. The Morgan fingerprint density at radius 3 is 2.91 bits per heavy atom. The highest BCUT2D eigenvalue weighted by atomic mass is 19.1. The van der Waals surface area contributed by atoms with Gasteiger partial charge in [-0.2, -0.15) is 0 Å². The van der Waals surface area contributed by atoms with E-state index >= 15 is 0 Å². The fourth-order valence-electron chi connectivity index (χ4n) is 2.25. The molecular formula is C16H12FNO4. The number of hydrogen-bond donors (Lipinski definition) is 1. The normalized spacial score (nSPS) is 10.8. The molecule has 6 heteroatoms. The van der Waals surface area contributed by atoms with Crippen molar-refractivity contribution in [2.24, 2.45) is 0 Å². The van der Waals surface area contributed by atoms with E-state index in [1.54, 1.807) is 12.3 Å². The van der Waals surface area contributed by atoms with Crippen LogP contribution in [0.1, 0.15) is 17.0 Å². The standard InChI is InChI=1S/C16H12FNO4/c1-21-16(20)6-14(19)15-4-9(8-22-15)12-7-18-13-3-2-10(17)5-11(12)13/h2-5,7-8,18H,6H2,1H3. The Hall–Kier alpha value is -2.89. The molecule has 1 N–H and O–H groups in total.